The Bertz CT molecular complexity index is 759. The molecular formula is C17H20N4O2S. The monoisotopic (exact) mass is 344 g/mol. The number of aryl methyl sites for hydroxylation is 1. The summed E-state index contributed by atoms with van der Waals surface area (Å²) < 4.78 is 0. The quantitative estimate of drug-likeness (QED) is 0.904. The van der Waals surface area contributed by atoms with Gasteiger partial charge in [0.1, 0.15) is 5.01 Å². The number of benzene rings is 1. The molecule has 24 heavy (non-hydrogen) atoms. The van der Waals surface area contributed by atoms with E-state index in [9.17, 15) is 9.59 Å². The Morgan fingerprint density at radius 2 is 2.17 bits per heavy atom. The molecule has 0 radical (unpaired) electrons. The molecule has 1 saturated heterocycles. The van der Waals surface area contributed by atoms with Crippen molar-refractivity contribution in [2.45, 2.75) is 39.0 Å². The van der Waals surface area contributed by atoms with Crippen LogP contribution in [0.15, 0.2) is 24.3 Å². The van der Waals surface area contributed by atoms with Crippen molar-refractivity contribution in [3.05, 3.63) is 34.8 Å². The maximum absolute atomic E-state index is 12.4. The van der Waals surface area contributed by atoms with Crippen molar-refractivity contribution in [1.82, 2.24) is 10.2 Å². The molecule has 1 aliphatic heterocycles. The highest BCUT2D eigenvalue weighted by molar-refractivity contribution is 7.15. The molecule has 3 rings (SSSR count). The molecule has 1 aromatic carbocycles. The van der Waals surface area contributed by atoms with Crippen LogP contribution in [0.5, 0.6) is 0 Å². The van der Waals surface area contributed by atoms with Gasteiger partial charge >= 0.3 is 0 Å². The summed E-state index contributed by atoms with van der Waals surface area (Å²) in [6.45, 7) is 4.55. The molecule has 7 heteroatoms. The third-order valence-corrected chi connectivity index (χ3v) is 5.05. The van der Waals surface area contributed by atoms with Crippen molar-refractivity contribution in [1.29, 1.82) is 0 Å². The predicted octanol–water partition coefficient (Wildman–Crippen LogP) is 3.11. The third kappa shape index (κ3) is 3.46. The van der Waals surface area contributed by atoms with Crippen LogP contribution >= 0.6 is 11.3 Å². The summed E-state index contributed by atoms with van der Waals surface area (Å²) in [5, 5.41) is 12.3. The van der Waals surface area contributed by atoms with Gasteiger partial charge in [-0.15, -0.1) is 10.2 Å². The van der Waals surface area contributed by atoms with Gasteiger partial charge in [0.2, 0.25) is 16.9 Å². The summed E-state index contributed by atoms with van der Waals surface area (Å²) in [7, 11) is 0. The molecule has 1 fully saturated rings. The zero-order valence-corrected chi connectivity index (χ0v) is 14.6. The summed E-state index contributed by atoms with van der Waals surface area (Å²) >= 11 is 1.35. The predicted molar refractivity (Wildman–Crippen MR) is 94.3 cm³/mol. The molecule has 2 aromatic rings. The van der Waals surface area contributed by atoms with Crippen LogP contribution < -0.4 is 10.2 Å². The minimum atomic E-state index is -0.0516. The van der Waals surface area contributed by atoms with Gasteiger partial charge in [0.15, 0.2) is 0 Å². The van der Waals surface area contributed by atoms with Gasteiger partial charge in [-0.25, -0.2) is 0 Å². The van der Waals surface area contributed by atoms with Crippen molar-refractivity contribution >= 4 is 34.0 Å². The highest BCUT2D eigenvalue weighted by Crippen LogP contribution is 2.35. The number of hydrogen-bond acceptors (Lipinski definition) is 5. The molecule has 1 aromatic heterocycles. The number of carbonyl (C=O) groups excluding carboxylic acids is 2. The van der Waals surface area contributed by atoms with Gasteiger partial charge in [0, 0.05) is 31.0 Å². The average molecular weight is 344 g/mol. The number of carbonyl (C=O) groups is 2. The summed E-state index contributed by atoms with van der Waals surface area (Å²) in [5.41, 5.74) is 2.03. The first kappa shape index (κ1) is 16.6. The molecule has 2 amide bonds. The highest BCUT2D eigenvalue weighted by Gasteiger charge is 2.34. The van der Waals surface area contributed by atoms with Gasteiger partial charge in [-0.05, 0) is 25.0 Å². The summed E-state index contributed by atoms with van der Waals surface area (Å²) in [5.74, 6) is 0.0664. The summed E-state index contributed by atoms with van der Waals surface area (Å²) in [6.07, 6.45) is 1.68. The fourth-order valence-electron chi connectivity index (χ4n) is 2.83. The Hall–Kier alpha value is -2.28. The lowest BCUT2D eigenvalue weighted by molar-refractivity contribution is -0.117. The van der Waals surface area contributed by atoms with E-state index in [1.54, 1.807) is 0 Å². The molecule has 6 nitrogen and oxygen atoms in total. The first-order valence-electron chi connectivity index (χ1n) is 8.07. The van der Waals surface area contributed by atoms with Crippen molar-refractivity contribution < 1.29 is 9.59 Å². The lowest BCUT2D eigenvalue weighted by atomic mass is 10.1. The number of para-hydroxylation sites is 1. The van der Waals surface area contributed by atoms with E-state index in [4.69, 9.17) is 0 Å². The van der Waals surface area contributed by atoms with Gasteiger partial charge in [-0.1, -0.05) is 36.5 Å². The molecule has 2 heterocycles. The lowest BCUT2D eigenvalue weighted by Gasteiger charge is -2.18. The van der Waals surface area contributed by atoms with Crippen molar-refractivity contribution in [2.75, 3.05) is 16.8 Å². The zero-order valence-electron chi connectivity index (χ0n) is 13.8. The number of anilines is 2. The van der Waals surface area contributed by atoms with Crippen molar-refractivity contribution in [2.24, 2.45) is 0 Å². The number of hydrogen-bond donors (Lipinski definition) is 1. The van der Waals surface area contributed by atoms with Gasteiger partial charge in [0.05, 0.1) is 0 Å². The van der Waals surface area contributed by atoms with Crippen LogP contribution in [0.2, 0.25) is 0 Å². The van der Waals surface area contributed by atoms with E-state index >= 15 is 0 Å². The first-order chi connectivity index (χ1) is 11.6. The topological polar surface area (TPSA) is 75.2 Å². The molecule has 0 aliphatic carbocycles. The standard InChI is InChI=1S/C17H20N4O2S/c1-3-6-14(22)18-17-20-19-16(24-17)12-9-15(23)21(10-12)13-8-5-4-7-11(13)2/h4-5,7-8,12H,3,6,9-10H2,1-2H3,(H,18,20,22)/t12-/m1/s1. The molecule has 1 aliphatic rings. The number of aromatic nitrogens is 2. The van der Waals surface area contributed by atoms with Gasteiger partial charge in [-0.2, -0.15) is 0 Å². The van der Waals surface area contributed by atoms with Gasteiger partial charge < -0.3 is 10.2 Å². The molecule has 0 bridgehead atoms. The minimum Gasteiger partial charge on any atom is -0.311 e. The van der Waals surface area contributed by atoms with Crippen molar-refractivity contribution in [3.8, 4) is 0 Å². The molecule has 0 saturated carbocycles. The Morgan fingerprint density at radius 1 is 1.38 bits per heavy atom. The van der Waals surface area contributed by atoms with E-state index in [2.05, 4.69) is 15.5 Å². The Morgan fingerprint density at radius 3 is 2.92 bits per heavy atom. The second kappa shape index (κ2) is 7.09. The second-order valence-electron chi connectivity index (χ2n) is 5.94. The SMILES string of the molecule is CCCC(=O)Nc1nnc([C@@H]2CC(=O)N(c3ccccc3C)C2)s1. The molecule has 1 N–H and O–H groups in total. The zero-order chi connectivity index (χ0) is 17.1. The molecule has 1 atom stereocenters. The van der Waals surface area contributed by atoms with Crippen LogP contribution in [0.3, 0.4) is 0 Å². The van der Waals surface area contributed by atoms with Gasteiger partial charge in [0.25, 0.3) is 0 Å². The fourth-order valence-corrected chi connectivity index (χ4v) is 3.68. The Balaban J connectivity index is 1.71. The molecule has 0 unspecified atom stereocenters. The second-order valence-corrected chi connectivity index (χ2v) is 6.94. The van der Waals surface area contributed by atoms with Gasteiger partial charge in [-0.3, -0.25) is 9.59 Å². The van der Waals surface area contributed by atoms with Crippen LogP contribution in [-0.2, 0) is 9.59 Å². The largest absolute Gasteiger partial charge is 0.311 e. The van der Waals surface area contributed by atoms with Crippen LogP contribution in [0.25, 0.3) is 0 Å². The van der Waals surface area contributed by atoms with E-state index in [-0.39, 0.29) is 17.7 Å². The van der Waals surface area contributed by atoms with E-state index < -0.39 is 0 Å². The van der Waals surface area contributed by atoms with E-state index in [0.717, 1.165) is 22.7 Å². The number of nitrogens with zero attached hydrogens (tertiary/aromatic N) is 3. The van der Waals surface area contributed by atoms with Crippen LogP contribution in [0.4, 0.5) is 10.8 Å². The van der Waals surface area contributed by atoms with E-state index in [1.165, 1.54) is 11.3 Å². The Kier molecular flexibility index (Phi) is 4.89. The molecule has 0 spiro atoms. The molecular weight excluding hydrogens is 324 g/mol. The van der Waals surface area contributed by atoms with Crippen molar-refractivity contribution in [3.63, 3.8) is 0 Å². The molecule has 126 valence electrons. The van der Waals surface area contributed by atoms with E-state index in [0.29, 0.717) is 24.5 Å². The van der Waals surface area contributed by atoms with E-state index in [1.807, 2.05) is 43.0 Å². The smallest absolute Gasteiger partial charge is 0.227 e. The van der Waals surface area contributed by atoms with Crippen LogP contribution in [0, 0.1) is 6.92 Å². The average Bonchev–Trinajstić information content (AvgIpc) is 3.15. The fraction of sp³-hybridized carbons (Fsp3) is 0.412. The maximum atomic E-state index is 12.4. The number of amides is 2. The van der Waals surface area contributed by atoms with Crippen LogP contribution in [0.1, 0.15) is 42.7 Å². The number of rotatable bonds is 5. The normalized spacial score (nSPS) is 17.3. The summed E-state index contributed by atoms with van der Waals surface area (Å²) in [6, 6.07) is 7.87. The maximum Gasteiger partial charge on any atom is 0.227 e. The lowest BCUT2D eigenvalue weighted by Crippen LogP contribution is -2.25. The number of nitrogens with one attached hydrogen (secondary N) is 1. The minimum absolute atomic E-state index is 0.0198. The van der Waals surface area contributed by atoms with Crippen LogP contribution in [-0.4, -0.2) is 28.6 Å². The first-order valence-corrected chi connectivity index (χ1v) is 8.89. The third-order valence-electron chi connectivity index (χ3n) is 4.04. The highest BCUT2D eigenvalue weighted by atomic mass is 32.1. The Labute approximate surface area is 144 Å². The summed E-state index contributed by atoms with van der Waals surface area (Å²) in [4.78, 5) is 25.8.